The van der Waals surface area contributed by atoms with Gasteiger partial charge >= 0.3 is 5.97 Å². The van der Waals surface area contributed by atoms with Crippen LogP contribution in [0.5, 0.6) is 0 Å². The molecule has 0 radical (unpaired) electrons. The molecule has 1 saturated heterocycles. The summed E-state index contributed by atoms with van der Waals surface area (Å²) >= 11 is 0. The van der Waals surface area contributed by atoms with E-state index in [9.17, 15) is 13.2 Å². The first-order valence-corrected chi connectivity index (χ1v) is 6.85. The highest BCUT2D eigenvalue weighted by Gasteiger charge is 2.40. The first-order valence-electron chi connectivity index (χ1n) is 5.20. The van der Waals surface area contributed by atoms with Gasteiger partial charge in [-0.1, -0.05) is 0 Å². The average Bonchev–Trinajstić information content (AvgIpc) is 2.28. The summed E-state index contributed by atoms with van der Waals surface area (Å²) in [5, 5.41) is 9.17. The molecule has 6 nitrogen and oxygen atoms in total. The van der Waals surface area contributed by atoms with Crippen molar-refractivity contribution in [2.24, 2.45) is 5.41 Å². The molecular formula is C9H17NO5S. The number of carboxylic acids is 1. The first-order chi connectivity index (χ1) is 7.42. The number of aliphatic carboxylic acids is 1. The molecule has 0 aliphatic carbocycles. The van der Waals surface area contributed by atoms with Crippen LogP contribution in [-0.2, 0) is 19.6 Å². The lowest BCUT2D eigenvalue weighted by molar-refractivity contribution is -0.154. The normalized spacial score (nSPS) is 20.6. The lowest BCUT2D eigenvalue weighted by Gasteiger charge is -2.32. The molecule has 0 unspecified atom stereocenters. The van der Waals surface area contributed by atoms with Gasteiger partial charge < -0.3 is 9.84 Å². The Bertz CT molecular complexity index is 345. The topological polar surface area (TPSA) is 92.7 Å². The number of hydrogen-bond donors (Lipinski definition) is 2. The van der Waals surface area contributed by atoms with Crippen LogP contribution in [-0.4, -0.2) is 45.0 Å². The van der Waals surface area contributed by atoms with Crippen molar-refractivity contribution in [3.8, 4) is 0 Å². The Balaban J connectivity index is 2.69. The minimum absolute atomic E-state index is 0.0425. The number of sulfonamides is 1. The smallest absolute Gasteiger partial charge is 0.311 e. The Morgan fingerprint density at radius 2 is 2.00 bits per heavy atom. The number of carbonyl (C=O) groups is 1. The van der Waals surface area contributed by atoms with Gasteiger partial charge in [-0.05, 0) is 19.8 Å². The van der Waals surface area contributed by atoms with Crippen molar-refractivity contribution >= 4 is 16.0 Å². The third kappa shape index (κ3) is 3.16. The van der Waals surface area contributed by atoms with E-state index >= 15 is 0 Å². The van der Waals surface area contributed by atoms with E-state index in [2.05, 4.69) is 4.72 Å². The van der Waals surface area contributed by atoms with Gasteiger partial charge in [-0.2, -0.15) is 0 Å². The van der Waals surface area contributed by atoms with Crippen molar-refractivity contribution in [1.82, 2.24) is 4.72 Å². The molecule has 0 aromatic heterocycles. The maximum absolute atomic E-state index is 11.3. The Kier molecular flexibility index (Phi) is 4.28. The lowest BCUT2D eigenvalue weighted by atomic mass is 9.80. The van der Waals surface area contributed by atoms with E-state index in [1.807, 2.05) is 0 Å². The molecular weight excluding hydrogens is 234 g/mol. The van der Waals surface area contributed by atoms with Gasteiger partial charge in [-0.3, -0.25) is 4.79 Å². The van der Waals surface area contributed by atoms with Gasteiger partial charge in [0.05, 0.1) is 11.2 Å². The molecule has 0 spiro atoms. The highest BCUT2D eigenvalue weighted by atomic mass is 32.2. The molecule has 0 bridgehead atoms. The second-order valence-corrected chi connectivity index (χ2v) is 6.02. The summed E-state index contributed by atoms with van der Waals surface area (Å²) in [4.78, 5) is 11.2. The van der Waals surface area contributed by atoms with Crippen LogP contribution in [0.15, 0.2) is 0 Å². The number of hydrogen-bond acceptors (Lipinski definition) is 4. The fourth-order valence-corrected chi connectivity index (χ4v) is 2.28. The van der Waals surface area contributed by atoms with Crippen LogP contribution < -0.4 is 4.72 Å². The Labute approximate surface area is 95.0 Å². The highest BCUT2D eigenvalue weighted by molar-refractivity contribution is 7.89. The number of rotatable bonds is 5. The van der Waals surface area contributed by atoms with Crippen LogP contribution in [0.1, 0.15) is 19.8 Å². The zero-order valence-electron chi connectivity index (χ0n) is 9.23. The van der Waals surface area contributed by atoms with Crippen LogP contribution in [0.25, 0.3) is 0 Å². The first kappa shape index (κ1) is 13.4. The van der Waals surface area contributed by atoms with Gasteiger partial charge in [0.2, 0.25) is 10.0 Å². The van der Waals surface area contributed by atoms with Crippen molar-refractivity contribution in [3.05, 3.63) is 0 Å². The maximum Gasteiger partial charge on any atom is 0.311 e. The van der Waals surface area contributed by atoms with E-state index in [4.69, 9.17) is 9.84 Å². The Morgan fingerprint density at radius 1 is 1.44 bits per heavy atom. The quantitative estimate of drug-likeness (QED) is 0.706. The SMILES string of the molecule is CCS(=O)(=O)NCC1(C(=O)O)CCOCC1. The van der Waals surface area contributed by atoms with Gasteiger partial charge in [0.1, 0.15) is 0 Å². The molecule has 0 aromatic carbocycles. The lowest BCUT2D eigenvalue weighted by Crippen LogP contribution is -2.46. The number of nitrogens with one attached hydrogen (secondary N) is 1. The summed E-state index contributed by atoms with van der Waals surface area (Å²) < 4.78 is 30.0. The third-order valence-electron chi connectivity index (χ3n) is 2.91. The molecule has 1 rings (SSSR count). The Hall–Kier alpha value is -0.660. The largest absolute Gasteiger partial charge is 0.481 e. The summed E-state index contributed by atoms with van der Waals surface area (Å²) in [5.74, 6) is -1.01. The minimum atomic E-state index is -3.34. The van der Waals surface area contributed by atoms with Crippen LogP contribution in [0.2, 0.25) is 0 Å². The van der Waals surface area contributed by atoms with Gasteiger partial charge in [0, 0.05) is 19.8 Å². The van der Waals surface area contributed by atoms with Crippen molar-refractivity contribution in [2.75, 3.05) is 25.5 Å². The third-order valence-corrected chi connectivity index (χ3v) is 4.26. The maximum atomic E-state index is 11.3. The zero-order chi connectivity index (χ0) is 12.2. The molecule has 1 heterocycles. The zero-order valence-corrected chi connectivity index (χ0v) is 10.0. The van der Waals surface area contributed by atoms with Crippen molar-refractivity contribution in [2.45, 2.75) is 19.8 Å². The molecule has 0 atom stereocenters. The molecule has 1 aliphatic heterocycles. The van der Waals surface area contributed by atoms with Gasteiger partial charge in [-0.15, -0.1) is 0 Å². The van der Waals surface area contributed by atoms with E-state index in [1.54, 1.807) is 0 Å². The molecule has 1 aliphatic rings. The highest BCUT2D eigenvalue weighted by Crippen LogP contribution is 2.30. The monoisotopic (exact) mass is 251 g/mol. The fraction of sp³-hybridized carbons (Fsp3) is 0.889. The standard InChI is InChI=1S/C9H17NO5S/c1-2-16(13,14)10-7-9(8(11)12)3-5-15-6-4-9/h10H,2-7H2,1H3,(H,11,12). The van der Waals surface area contributed by atoms with Gasteiger partial charge in [-0.25, -0.2) is 13.1 Å². The van der Waals surface area contributed by atoms with Crippen molar-refractivity contribution < 1.29 is 23.1 Å². The average molecular weight is 251 g/mol. The second kappa shape index (κ2) is 5.11. The molecule has 0 aromatic rings. The van der Waals surface area contributed by atoms with Crippen LogP contribution in [0.4, 0.5) is 0 Å². The van der Waals surface area contributed by atoms with Crippen LogP contribution >= 0.6 is 0 Å². The molecule has 16 heavy (non-hydrogen) atoms. The molecule has 0 saturated carbocycles. The van der Waals surface area contributed by atoms with E-state index in [0.717, 1.165) is 0 Å². The van der Waals surface area contributed by atoms with Crippen LogP contribution in [0.3, 0.4) is 0 Å². The number of ether oxygens (including phenoxy) is 1. The molecule has 7 heteroatoms. The van der Waals surface area contributed by atoms with E-state index in [-0.39, 0.29) is 12.3 Å². The predicted molar refractivity (Wildman–Crippen MR) is 57.6 cm³/mol. The molecule has 0 amide bonds. The summed E-state index contributed by atoms with van der Waals surface area (Å²) in [6, 6.07) is 0. The Morgan fingerprint density at radius 3 is 2.44 bits per heavy atom. The molecule has 2 N–H and O–H groups in total. The summed E-state index contributed by atoms with van der Waals surface area (Å²) in [6.07, 6.45) is 0.684. The van der Waals surface area contributed by atoms with E-state index in [0.29, 0.717) is 26.1 Å². The summed E-state index contributed by atoms with van der Waals surface area (Å²) in [7, 11) is -3.34. The van der Waals surface area contributed by atoms with E-state index in [1.165, 1.54) is 6.92 Å². The minimum Gasteiger partial charge on any atom is -0.481 e. The fourth-order valence-electron chi connectivity index (χ4n) is 1.58. The number of carboxylic acid groups (broad SMARTS) is 1. The van der Waals surface area contributed by atoms with Crippen molar-refractivity contribution in [3.63, 3.8) is 0 Å². The van der Waals surface area contributed by atoms with Gasteiger partial charge in [0.25, 0.3) is 0 Å². The summed E-state index contributed by atoms with van der Waals surface area (Å²) in [5.41, 5.74) is -1.01. The molecule has 94 valence electrons. The molecule has 1 fully saturated rings. The van der Waals surface area contributed by atoms with Crippen LogP contribution in [0, 0.1) is 5.41 Å². The van der Waals surface area contributed by atoms with Gasteiger partial charge in [0.15, 0.2) is 0 Å². The predicted octanol–water partition coefficient (Wildman–Crippen LogP) is -0.193. The van der Waals surface area contributed by atoms with E-state index < -0.39 is 21.4 Å². The summed E-state index contributed by atoms with van der Waals surface area (Å²) in [6.45, 7) is 2.18. The second-order valence-electron chi connectivity index (χ2n) is 3.92. The van der Waals surface area contributed by atoms with Crippen molar-refractivity contribution in [1.29, 1.82) is 0 Å².